The Morgan fingerprint density at radius 1 is 0.950 bits per heavy atom. The summed E-state index contributed by atoms with van der Waals surface area (Å²) in [5, 5.41) is 1.03. The van der Waals surface area contributed by atoms with Crippen LogP contribution in [0.3, 0.4) is 0 Å². The first-order chi connectivity index (χ1) is 9.78. The van der Waals surface area contributed by atoms with Crippen LogP contribution in [0.5, 0.6) is 0 Å². The van der Waals surface area contributed by atoms with Gasteiger partial charge in [-0.3, -0.25) is 0 Å². The SMILES string of the molecule is Cc1ccc(-c2nc(-c3ccccc3)c(CN)s2)cc1. The fourth-order valence-corrected chi connectivity index (χ4v) is 3.10. The molecule has 100 valence electrons. The topological polar surface area (TPSA) is 38.9 Å². The van der Waals surface area contributed by atoms with E-state index in [0.717, 1.165) is 26.7 Å². The zero-order valence-corrected chi connectivity index (χ0v) is 12.2. The van der Waals surface area contributed by atoms with Gasteiger partial charge < -0.3 is 5.73 Å². The number of aryl methyl sites for hydroxylation is 1. The molecule has 1 aromatic heterocycles. The van der Waals surface area contributed by atoms with Gasteiger partial charge in [0.05, 0.1) is 5.69 Å². The van der Waals surface area contributed by atoms with Crippen molar-refractivity contribution in [2.45, 2.75) is 13.5 Å². The van der Waals surface area contributed by atoms with Crippen molar-refractivity contribution in [3.63, 3.8) is 0 Å². The highest BCUT2D eigenvalue weighted by Gasteiger charge is 2.12. The van der Waals surface area contributed by atoms with Gasteiger partial charge in [0.1, 0.15) is 5.01 Å². The molecular formula is C17H16N2S. The molecule has 0 atom stereocenters. The van der Waals surface area contributed by atoms with Crippen LogP contribution >= 0.6 is 11.3 Å². The number of hydrogen-bond donors (Lipinski definition) is 1. The minimum atomic E-state index is 0.522. The Bertz CT molecular complexity index is 700. The monoisotopic (exact) mass is 280 g/mol. The molecule has 0 aliphatic rings. The third-order valence-corrected chi connectivity index (χ3v) is 4.36. The Morgan fingerprint density at radius 3 is 2.30 bits per heavy atom. The average molecular weight is 280 g/mol. The Balaban J connectivity index is 2.07. The van der Waals surface area contributed by atoms with Crippen molar-refractivity contribution in [2.75, 3.05) is 0 Å². The summed E-state index contributed by atoms with van der Waals surface area (Å²) in [6.07, 6.45) is 0. The van der Waals surface area contributed by atoms with Crippen molar-refractivity contribution in [3.8, 4) is 21.8 Å². The zero-order valence-electron chi connectivity index (χ0n) is 11.3. The summed E-state index contributed by atoms with van der Waals surface area (Å²) in [4.78, 5) is 5.92. The molecule has 0 aliphatic heterocycles. The predicted octanol–water partition coefficient (Wildman–Crippen LogP) is 4.24. The van der Waals surface area contributed by atoms with E-state index in [-0.39, 0.29) is 0 Å². The lowest BCUT2D eigenvalue weighted by molar-refractivity contribution is 1.10. The number of benzene rings is 2. The first-order valence-corrected chi connectivity index (χ1v) is 7.42. The van der Waals surface area contributed by atoms with E-state index in [2.05, 4.69) is 43.3 Å². The maximum atomic E-state index is 5.87. The number of nitrogens with two attached hydrogens (primary N) is 1. The Hall–Kier alpha value is -1.97. The smallest absolute Gasteiger partial charge is 0.124 e. The summed E-state index contributed by atoms with van der Waals surface area (Å²) in [6.45, 7) is 2.61. The van der Waals surface area contributed by atoms with Crippen LogP contribution in [0.25, 0.3) is 21.8 Å². The van der Waals surface area contributed by atoms with Gasteiger partial charge in [-0.15, -0.1) is 11.3 Å². The molecule has 0 aliphatic carbocycles. The molecule has 2 aromatic carbocycles. The minimum Gasteiger partial charge on any atom is -0.326 e. The Labute approximate surface area is 122 Å². The number of hydrogen-bond acceptors (Lipinski definition) is 3. The number of aromatic nitrogens is 1. The second kappa shape index (κ2) is 5.57. The van der Waals surface area contributed by atoms with Gasteiger partial charge in [0, 0.05) is 22.5 Å². The van der Waals surface area contributed by atoms with Gasteiger partial charge in [0.2, 0.25) is 0 Å². The summed E-state index contributed by atoms with van der Waals surface area (Å²) >= 11 is 1.68. The Kier molecular flexibility index (Phi) is 3.63. The number of rotatable bonds is 3. The van der Waals surface area contributed by atoms with Crippen LogP contribution in [0.1, 0.15) is 10.4 Å². The largest absolute Gasteiger partial charge is 0.326 e. The molecule has 0 unspecified atom stereocenters. The third-order valence-electron chi connectivity index (χ3n) is 3.23. The van der Waals surface area contributed by atoms with E-state index in [1.165, 1.54) is 5.56 Å². The lowest BCUT2D eigenvalue weighted by atomic mass is 10.1. The molecular weight excluding hydrogens is 264 g/mol. The number of nitrogens with zero attached hydrogens (tertiary/aromatic N) is 1. The summed E-state index contributed by atoms with van der Waals surface area (Å²) in [5.74, 6) is 0. The van der Waals surface area contributed by atoms with Crippen LogP contribution < -0.4 is 5.73 Å². The van der Waals surface area contributed by atoms with Crippen molar-refractivity contribution in [2.24, 2.45) is 5.73 Å². The maximum Gasteiger partial charge on any atom is 0.124 e. The fourth-order valence-electron chi connectivity index (χ4n) is 2.13. The van der Waals surface area contributed by atoms with Gasteiger partial charge in [-0.05, 0) is 6.92 Å². The van der Waals surface area contributed by atoms with Crippen LogP contribution in [-0.4, -0.2) is 4.98 Å². The van der Waals surface area contributed by atoms with Crippen LogP contribution in [0.15, 0.2) is 54.6 Å². The van der Waals surface area contributed by atoms with Gasteiger partial charge >= 0.3 is 0 Å². The molecule has 0 spiro atoms. The standard InChI is InChI=1S/C17H16N2S/c1-12-7-9-14(10-8-12)17-19-16(15(11-18)20-17)13-5-3-2-4-6-13/h2-10H,11,18H2,1H3. The highest BCUT2D eigenvalue weighted by molar-refractivity contribution is 7.15. The van der Waals surface area contributed by atoms with Gasteiger partial charge in [0.15, 0.2) is 0 Å². The van der Waals surface area contributed by atoms with E-state index in [0.29, 0.717) is 6.54 Å². The number of thiazole rings is 1. The van der Waals surface area contributed by atoms with Crippen LogP contribution in [0.2, 0.25) is 0 Å². The van der Waals surface area contributed by atoms with Gasteiger partial charge in [-0.1, -0.05) is 60.2 Å². The molecule has 0 saturated carbocycles. The quantitative estimate of drug-likeness (QED) is 0.779. The molecule has 2 nitrogen and oxygen atoms in total. The second-order valence-electron chi connectivity index (χ2n) is 4.73. The molecule has 0 amide bonds. The first-order valence-electron chi connectivity index (χ1n) is 6.60. The van der Waals surface area contributed by atoms with E-state index < -0.39 is 0 Å². The molecule has 3 aromatic rings. The predicted molar refractivity (Wildman–Crippen MR) is 85.6 cm³/mol. The summed E-state index contributed by atoms with van der Waals surface area (Å²) in [5.41, 5.74) is 10.4. The first kappa shape index (κ1) is 13.0. The average Bonchev–Trinajstić information content (AvgIpc) is 2.93. The highest BCUT2D eigenvalue weighted by Crippen LogP contribution is 2.33. The van der Waals surface area contributed by atoms with Gasteiger partial charge in [-0.2, -0.15) is 0 Å². The van der Waals surface area contributed by atoms with E-state index in [4.69, 9.17) is 10.7 Å². The molecule has 20 heavy (non-hydrogen) atoms. The summed E-state index contributed by atoms with van der Waals surface area (Å²) < 4.78 is 0. The van der Waals surface area contributed by atoms with Crippen molar-refractivity contribution < 1.29 is 0 Å². The van der Waals surface area contributed by atoms with Crippen LogP contribution in [0.4, 0.5) is 0 Å². The lowest BCUT2D eigenvalue weighted by Crippen LogP contribution is -1.95. The van der Waals surface area contributed by atoms with Crippen molar-refractivity contribution in [3.05, 3.63) is 65.0 Å². The molecule has 0 radical (unpaired) electrons. The van der Waals surface area contributed by atoms with Crippen molar-refractivity contribution in [1.29, 1.82) is 0 Å². The van der Waals surface area contributed by atoms with E-state index in [1.54, 1.807) is 11.3 Å². The van der Waals surface area contributed by atoms with Crippen molar-refractivity contribution in [1.82, 2.24) is 4.98 Å². The summed E-state index contributed by atoms with van der Waals surface area (Å²) in [7, 11) is 0. The minimum absolute atomic E-state index is 0.522. The maximum absolute atomic E-state index is 5.87. The van der Waals surface area contributed by atoms with Crippen LogP contribution in [0, 0.1) is 6.92 Å². The zero-order chi connectivity index (χ0) is 13.9. The molecule has 0 saturated heterocycles. The lowest BCUT2D eigenvalue weighted by Gasteiger charge is -1.99. The molecule has 0 bridgehead atoms. The van der Waals surface area contributed by atoms with Gasteiger partial charge in [-0.25, -0.2) is 4.98 Å². The molecule has 3 heteroatoms. The van der Waals surface area contributed by atoms with Crippen LogP contribution in [-0.2, 0) is 6.54 Å². The van der Waals surface area contributed by atoms with Crippen molar-refractivity contribution >= 4 is 11.3 Å². The van der Waals surface area contributed by atoms with E-state index in [1.807, 2.05) is 18.2 Å². The normalized spacial score (nSPS) is 10.7. The Morgan fingerprint density at radius 2 is 1.65 bits per heavy atom. The third kappa shape index (κ3) is 2.50. The summed E-state index contributed by atoms with van der Waals surface area (Å²) in [6, 6.07) is 18.7. The molecule has 3 rings (SSSR count). The van der Waals surface area contributed by atoms with E-state index >= 15 is 0 Å². The van der Waals surface area contributed by atoms with Gasteiger partial charge in [0.25, 0.3) is 0 Å². The van der Waals surface area contributed by atoms with E-state index in [9.17, 15) is 0 Å². The molecule has 0 fully saturated rings. The molecule has 1 heterocycles. The fraction of sp³-hybridized carbons (Fsp3) is 0.118. The molecule has 2 N–H and O–H groups in total. The highest BCUT2D eigenvalue weighted by atomic mass is 32.1. The second-order valence-corrected chi connectivity index (χ2v) is 5.81.